The van der Waals surface area contributed by atoms with Crippen molar-refractivity contribution in [3.05, 3.63) is 24.3 Å². The van der Waals surface area contributed by atoms with Crippen molar-refractivity contribution >= 4 is 11.6 Å². The number of benzene rings is 1. The van der Waals surface area contributed by atoms with Crippen molar-refractivity contribution in [1.82, 2.24) is 0 Å². The molecule has 1 atom stereocenters. The number of rotatable bonds is 6. The van der Waals surface area contributed by atoms with Crippen LogP contribution in [0.1, 0.15) is 6.92 Å². The van der Waals surface area contributed by atoms with E-state index >= 15 is 0 Å². The first-order chi connectivity index (χ1) is 10.5. The van der Waals surface area contributed by atoms with E-state index in [4.69, 9.17) is 4.74 Å². The molecule has 6 heteroatoms. The molecule has 22 heavy (non-hydrogen) atoms. The topological polar surface area (TPSA) is 67.4 Å². The number of quaternary nitrogens is 2. The Labute approximate surface area is 131 Å². The molecule has 1 aromatic carbocycles. The van der Waals surface area contributed by atoms with Crippen LogP contribution in [0.3, 0.4) is 0 Å². The fourth-order valence-electron chi connectivity index (χ4n) is 2.66. The van der Waals surface area contributed by atoms with E-state index in [1.165, 1.54) is 11.8 Å². The molecule has 0 unspecified atom stereocenters. The van der Waals surface area contributed by atoms with Gasteiger partial charge in [0, 0.05) is 12.6 Å². The van der Waals surface area contributed by atoms with E-state index in [1.54, 1.807) is 29.2 Å². The molecule has 0 aromatic heterocycles. The van der Waals surface area contributed by atoms with Gasteiger partial charge in [-0.15, -0.1) is 0 Å². The number of aliphatic hydroxyl groups excluding tert-OH is 1. The molecule has 1 heterocycles. The van der Waals surface area contributed by atoms with Crippen molar-refractivity contribution in [3.8, 4) is 5.75 Å². The van der Waals surface area contributed by atoms with Gasteiger partial charge in [0.05, 0.1) is 7.05 Å². The van der Waals surface area contributed by atoms with Gasteiger partial charge >= 0.3 is 0 Å². The Balaban J connectivity index is 1.71. The van der Waals surface area contributed by atoms with E-state index in [2.05, 4.69) is 12.4 Å². The molecule has 0 aliphatic carbocycles. The summed E-state index contributed by atoms with van der Waals surface area (Å²) in [6, 6.07) is 7.17. The van der Waals surface area contributed by atoms with E-state index in [0.717, 1.165) is 38.4 Å². The molecule has 0 bridgehead atoms. The zero-order valence-electron chi connectivity index (χ0n) is 13.4. The van der Waals surface area contributed by atoms with Gasteiger partial charge in [0.15, 0.2) is 0 Å². The van der Waals surface area contributed by atoms with Crippen molar-refractivity contribution in [2.45, 2.75) is 13.0 Å². The molecule has 122 valence electrons. The van der Waals surface area contributed by atoms with Crippen LogP contribution in [0.2, 0.25) is 0 Å². The van der Waals surface area contributed by atoms with Crippen LogP contribution in [-0.2, 0) is 4.79 Å². The maximum Gasteiger partial charge on any atom is 0.221 e. The fraction of sp³-hybridized carbons (Fsp3) is 0.562. The second-order valence-electron chi connectivity index (χ2n) is 6.08. The fourth-order valence-corrected chi connectivity index (χ4v) is 2.66. The van der Waals surface area contributed by atoms with E-state index in [0.29, 0.717) is 12.4 Å². The van der Waals surface area contributed by atoms with Crippen molar-refractivity contribution in [1.29, 1.82) is 0 Å². The number of amides is 1. The van der Waals surface area contributed by atoms with Crippen LogP contribution in [0.5, 0.6) is 5.75 Å². The third kappa shape index (κ3) is 5.63. The zero-order chi connectivity index (χ0) is 15.9. The highest BCUT2D eigenvalue weighted by Crippen LogP contribution is 2.15. The number of ether oxygens (including phenoxy) is 1. The number of carbonyl (C=O) groups is 1. The lowest BCUT2D eigenvalue weighted by Gasteiger charge is -2.28. The van der Waals surface area contributed by atoms with E-state index < -0.39 is 6.10 Å². The SMILES string of the molecule is CC(=O)Nc1ccc(OC[C@H](O)C[NH+]2CC[NH+](C)CC2)cc1. The molecule has 0 radical (unpaired) electrons. The lowest BCUT2D eigenvalue weighted by atomic mass is 10.2. The summed E-state index contributed by atoms with van der Waals surface area (Å²) in [5.74, 6) is 0.604. The van der Waals surface area contributed by atoms with Gasteiger partial charge in [-0.2, -0.15) is 0 Å². The van der Waals surface area contributed by atoms with Crippen LogP contribution in [0, 0.1) is 0 Å². The predicted molar refractivity (Wildman–Crippen MR) is 84.4 cm³/mol. The lowest BCUT2D eigenvalue weighted by Crippen LogP contribution is -3.27. The minimum Gasteiger partial charge on any atom is -0.491 e. The normalized spacial score (nSPS) is 22.9. The predicted octanol–water partition coefficient (Wildman–Crippen LogP) is -2.20. The van der Waals surface area contributed by atoms with Gasteiger partial charge in [-0.3, -0.25) is 4.79 Å². The quantitative estimate of drug-likeness (QED) is 0.482. The smallest absolute Gasteiger partial charge is 0.221 e. The van der Waals surface area contributed by atoms with Crippen LogP contribution < -0.4 is 19.9 Å². The molecule has 1 amide bonds. The lowest BCUT2D eigenvalue weighted by molar-refractivity contribution is -1.00. The Morgan fingerprint density at radius 2 is 1.91 bits per heavy atom. The molecule has 0 saturated carbocycles. The van der Waals surface area contributed by atoms with Gasteiger partial charge in [0.25, 0.3) is 0 Å². The third-order valence-corrected chi connectivity index (χ3v) is 3.95. The first-order valence-corrected chi connectivity index (χ1v) is 7.86. The van der Waals surface area contributed by atoms with E-state index in [-0.39, 0.29) is 5.91 Å². The Morgan fingerprint density at radius 3 is 2.50 bits per heavy atom. The van der Waals surface area contributed by atoms with Crippen LogP contribution in [0.4, 0.5) is 5.69 Å². The van der Waals surface area contributed by atoms with Crippen molar-refractivity contribution in [3.63, 3.8) is 0 Å². The van der Waals surface area contributed by atoms with Crippen LogP contribution in [-0.4, -0.2) is 63.5 Å². The highest BCUT2D eigenvalue weighted by molar-refractivity contribution is 5.88. The minimum atomic E-state index is -0.455. The second-order valence-corrected chi connectivity index (χ2v) is 6.08. The monoisotopic (exact) mass is 309 g/mol. The molecule has 0 spiro atoms. The zero-order valence-corrected chi connectivity index (χ0v) is 13.4. The number of hydrogen-bond donors (Lipinski definition) is 4. The van der Waals surface area contributed by atoms with E-state index in [9.17, 15) is 9.90 Å². The standard InChI is InChI=1S/C16H25N3O3/c1-13(20)17-14-3-5-16(6-4-14)22-12-15(21)11-19-9-7-18(2)8-10-19/h3-6,15,21H,7-12H2,1-2H3,(H,17,20)/p+2/t15-/m1/s1. The average Bonchev–Trinajstić information content (AvgIpc) is 2.48. The molecule has 4 N–H and O–H groups in total. The van der Waals surface area contributed by atoms with Crippen LogP contribution in [0.15, 0.2) is 24.3 Å². The maximum absolute atomic E-state index is 10.9. The van der Waals surface area contributed by atoms with E-state index in [1.807, 2.05) is 0 Å². The van der Waals surface area contributed by atoms with Crippen molar-refractivity contribution in [2.24, 2.45) is 0 Å². The summed E-state index contributed by atoms with van der Waals surface area (Å²) in [5, 5.41) is 12.8. The molecule has 2 rings (SSSR count). The molecule has 1 fully saturated rings. The molecular weight excluding hydrogens is 282 g/mol. The van der Waals surface area contributed by atoms with Gasteiger partial charge in [-0.1, -0.05) is 0 Å². The summed E-state index contributed by atoms with van der Waals surface area (Å²) in [7, 11) is 2.21. The largest absolute Gasteiger partial charge is 0.491 e. The molecule has 1 aliphatic heterocycles. The van der Waals surface area contributed by atoms with Gasteiger partial charge in [-0.05, 0) is 24.3 Å². The Bertz CT molecular complexity index is 470. The number of carbonyl (C=O) groups excluding carboxylic acids is 1. The van der Waals surface area contributed by atoms with Crippen LogP contribution >= 0.6 is 0 Å². The Hall–Kier alpha value is -1.63. The number of likely N-dealkylation sites (N-methyl/N-ethyl adjacent to an activating group) is 1. The average molecular weight is 309 g/mol. The second kappa shape index (κ2) is 8.12. The maximum atomic E-state index is 10.9. The summed E-state index contributed by atoms with van der Waals surface area (Å²) < 4.78 is 5.61. The van der Waals surface area contributed by atoms with Gasteiger partial charge in [-0.25, -0.2) is 0 Å². The summed E-state index contributed by atoms with van der Waals surface area (Å²) in [5.41, 5.74) is 0.741. The third-order valence-electron chi connectivity index (χ3n) is 3.95. The Morgan fingerprint density at radius 1 is 1.27 bits per heavy atom. The summed E-state index contributed by atoms with van der Waals surface area (Å²) >= 11 is 0. The molecular formula is C16H27N3O3+2. The highest BCUT2D eigenvalue weighted by Gasteiger charge is 2.22. The summed E-state index contributed by atoms with van der Waals surface area (Å²) in [6.07, 6.45) is -0.455. The number of nitrogens with one attached hydrogen (secondary N) is 3. The van der Waals surface area contributed by atoms with Gasteiger partial charge in [0.1, 0.15) is 51.2 Å². The molecule has 6 nitrogen and oxygen atoms in total. The van der Waals surface area contributed by atoms with Crippen molar-refractivity contribution in [2.75, 3.05) is 51.7 Å². The Kier molecular flexibility index (Phi) is 6.18. The summed E-state index contributed by atoms with van der Waals surface area (Å²) in [6.45, 7) is 7.04. The van der Waals surface area contributed by atoms with Crippen molar-refractivity contribution < 1.29 is 24.4 Å². The number of anilines is 1. The minimum absolute atomic E-state index is 0.0962. The molecule has 1 aromatic rings. The first-order valence-electron chi connectivity index (χ1n) is 7.86. The highest BCUT2D eigenvalue weighted by atomic mass is 16.5. The number of aliphatic hydroxyl groups is 1. The van der Waals surface area contributed by atoms with Gasteiger partial charge < -0.3 is 25.0 Å². The number of piperazine rings is 1. The van der Waals surface area contributed by atoms with Crippen LogP contribution in [0.25, 0.3) is 0 Å². The molecule has 1 saturated heterocycles. The number of hydrogen-bond acceptors (Lipinski definition) is 3. The first kappa shape index (κ1) is 16.7. The van der Waals surface area contributed by atoms with Gasteiger partial charge in [0.2, 0.25) is 5.91 Å². The summed E-state index contributed by atoms with van der Waals surface area (Å²) in [4.78, 5) is 14.0. The molecule has 1 aliphatic rings.